The highest BCUT2D eigenvalue weighted by molar-refractivity contribution is 5.90. The van der Waals surface area contributed by atoms with Gasteiger partial charge in [-0.25, -0.2) is 14.4 Å². The van der Waals surface area contributed by atoms with E-state index in [4.69, 9.17) is 0 Å². The van der Waals surface area contributed by atoms with Crippen molar-refractivity contribution in [1.82, 2.24) is 25.5 Å². The van der Waals surface area contributed by atoms with Gasteiger partial charge in [0, 0.05) is 37.3 Å². The molecule has 0 saturated carbocycles. The first-order chi connectivity index (χ1) is 15.4. The van der Waals surface area contributed by atoms with Gasteiger partial charge in [-0.3, -0.25) is 5.10 Å². The summed E-state index contributed by atoms with van der Waals surface area (Å²) in [6.45, 7) is 1.66. The maximum Gasteiger partial charge on any atom is 0.418 e. The van der Waals surface area contributed by atoms with Crippen molar-refractivity contribution >= 4 is 16.9 Å². The Balaban J connectivity index is 1.54. The molecule has 1 atom stereocenters. The molecule has 164 valence electrons. The summed E-state index contributed by atoms with van der Waals surface area (Å²) in [7, 11) is 0. The van der Waals surface area contributed by atoms with E-state index >= 15 is 0 Å². The summed E-state index contributed by atoms with van der Waals surface area (Å²) in [5.74, 6) is 0.102. The van der Waals surface area contributed by atoms with Crippen molar-refractivity contribution in [1.29, 1.82) is 0 Å². The zero-order valence-corrected chi connectivity index (χ0v) is 16.7. The second-order valence-electron chi connectivity index (χ2n) is 7.54. The summed E-state index contributed by atoms with van der Waals surface area (Å²) in [6.07, 6.45) is -3.06. The summed E-state index contributed by atoms with van der Waals surface area (Å²) in [5.41, 5.74) is 0.325. The van der Waals surface area contributed by atoms with E-state index in [1.165, 1.54) is 24.4 Å². The number of hydrogen-bond donors (Lipinski definition) is 2. The van der Waals surface area contributed by atoms with Gasteiger partial charge in [0.05, 0.1) is 11.3 Å². The van der Waals surface area contributed by atoms with Gasteiger partial charge in [0.1, 0.15) is 17.3 Å². The molecule has 0 bridgehead atoms. The predicted octanol–water partition coefficient (Wildman–Crippen LogP) is 4.33. The molecular formula is C22H18F4N6. The first kappa shape index (κ1) is 20.4. The maximum atomic E-state index is 13.8. The van der Waals surface area contributed by atoms with Crippen LogP contribution in [0.15, 0.2) is 54.7 Å². The number of piperazine rings is 1. The van der Waals surface area contributed by atoms with Gasteiger partial charge in [-0.1, -0.05) is 12.1 Å². The Morgan fingerprint density at radius 1 is 1.03 bits per heavy atom. The molecule has 1 aliphatic heterocycles. The van der Waals surface area contributed by atoms with E-state index in [0.29, 0.717) is 36.5 Å². The van der Waals surface area contributed by atoms with Crippen LogP contribution < -0.4 is 10.2 Å². The summed E-state index contributed by atoms with van der Waals surface area (Å²) < 4.78 is 54.6. The molecule has 0 spiro atoms. The standard InChI is InChI=1S/C22H18F4N6/c23-14-5-3-13(4-6-14)17-12-32(11-10-27-17)18-8-7-16(22(24,25)26)20(29-18)19-15-2-1-9-28-21(15)31-30-19/h1-9,17,27H,10-12H2,(H,28,30,31). The Hall–Kier alpha value is -3.53. The minimum atomic E-state index is -4.58. The third kappa shape index (κ3) is 3.77. The third-order valence-electron chi connectivity index (χ3n) is 5.52. The quantitative estimate of drug-likeness (QED) is 0.463. The van der Waals surface area contributed by atoms with Crippen molar-refractivity contribution in [2.24, 2.45) is 0 Å². The first-order valence-corrected chi connectivity index (χ1v) is 10.0. The molecule has 0 aliphatic carbocycles. The topological polar surface area (TPSA) is 69.7 Å². The van der Waals surface area contributed by atoms with Gasteiger partial charge in [0.15, 0.2) is 5.65 Å². The van der Waals surface area contributed by atoms with Crippen molar-refractivity contribution in [3.8, 4) is 11.4 Å². The van der Waals surface area contributed by atoms with E-state index in [1.54, 1.807) is 24.3 Å². The van der Waals surface area contributed by atoms with Gasteiger partial charge in [-0.2, -0.15) is 18.3 Å². The highest BCUT2D eigenvalue weighted by atomic mass is 19.4. The van der Waals surface area contributed by atoms with Gasteiger partial charge in [-0.05, 0) is 42.0 Å². The molecule has 4 aromatic rings. The zero-order chi connectivity index (χ0) is 22.3. The van der Waals surface area contributed by atoms with Gasteiger partial charge in [0.25, 0.3) is 0 Å². The highest BCUT2D eigenvalue weighted by Gasteiger charge is 2.36. The van der Waals surface area contributed by atoms with Crippen molar-refractivity contribution in [2.75, 3.05) is 24.5 Å². The minimum Gasteiger partial charge on any atom is -0.353 e. The van der Waals surface area contributed by atoms with E-state index in [9.17, 15) is 17.6 Å². The molecule has 32 heavy (non-hydrogen) atoms. The number of benzene rings is 1. The Morgan fingerprint density at radius 2 is 1.84 bits per heavy atom. The average molecular weight is 442 g/mol. The van der Waals surface area contributed by atoms with Crippen LogP contribution in [0.1, 0.15) is 17.2 Å². The molecule has 2 N–H and O–H groups in total. The Bertz CT molecular complexity index is 1250. The molecular weight excluding hydrogens is 424 g/mol. The number of alkyl halides is 3. The number of aromatic amines is 1. The lowest BCUT2D eigenvalue weighted by Gasteiger charge is -2.35. The molecule has 1 aromatic carbocycles. The largest absolute Gasteiger partial charge is 0.418 e. The number of aromatic nitrogens is 4. The summed E-state index contributed by atoms with van der Waals surface area (Å²) >= 11 is 0. The summed E-state index contributed by atoms with van der Waals surface area (Å²) in [5, 5.41) is 10.5. The lowest BCUT2D eigenvalue weighted by atomic mass is 10.0. The van der Waals surface area contributed by atoms with Crippen LogP contribution in [0.2, 0.25) is 0 Å². The van der Waals surface area contributed by atoms with Crippen LogP contribution in [0.4, 0.5) is 23.4 Å². The minimum absolute atomic E-state index is 0.103. The Morgan fingerprint density at radius 3 is 2.62 bits per heavy atom. The third-order valence-corrected chi connectivity index (χ3v) is 5.52. The maximum absolute atomic E-state index is 13.8. The predicted molar refractivity (Wildman–Crippen MR) is 111 cm³/mol. The smallest absolute Gasteiger partial charge is 0.353 e. The van der Waals surface area contributed by atoms with E-state index in [-0.39, 0.29) is 23.2 Å². The molecule has 10 heteroatoms. The number of pyridine rings is 2. The van der Waals surface area contributed by atoms with Crippen LogP contribution >= 0.6 is 0 Å². The van der Waals surface area contributed by atoms with Crippen LogP contribution in [0.3, 0.4) is 0 Å². The summed E-state index contributed by atoms with van der Waals surface area (Å²) in [4.78, 5) is 10.4. The number of fused-ring (bicyclic) bond motifs is 1. The lowest BCUT2D eigenvalue weighted by molar-refractivity contribution is -0.137. The average Bonchev–Trinajstić information content (AvgIpc) is 3.23. The van der Waals surface area contributed by atoms with Crippen LogP contribution in [0, 0.1) is 5.82 Å². The number of nitrogens with one attached hydrogen (secondary N) is 2. The molecule has 1 saturated heterocycles. The molecule has 1 aliphatic rings. The van der Waals surface area contributed by atoms with Crippen LogP contribution in [0.25, 0.3) is 22.4 Å². The van der Waals surface area contributed by atoms with Crippen molar-refractivity contribution in [3.05, 3.63) is 71.7 Å². The first-order valence-electron chi connectivity index (χ1n) is 10.0. The number of hydrogen-bond acceptors (Lipinski definition) is 5. The second-order valence-corrected chi connectivity index (χ2v) is 7.54. The van der Waals surface area contributed by atoms with E-state index < -0.39 is 11.7 Å². The lowest BCUT2D eigenvalue weighted by Crippen LogP contribution is -2.46. The van der Waals surface area contributed by atoms with Crippen LogP contribution in [-0.2, 0) is 6.18 Å². The molecule has 1 fully saturated rings. The van der Waals surface area contributed by atoms with Crippen molar-refractivity contribution < 1.29 is 17.6 Å². The fourth-order valence-electron chi connectivity index (χ4n) is 3.95. The SMILES string of the molecule is Fc1ccc(C2CN(c3ccc(C(F)(F)F)c(-c4[nH]nc5ncccc45)n3)CCN2)cc1. The monoisotopic (exact) mass is 442 g/mol. The molecule has 6 nitrogen and oxygen atoms in total. The molecule has 3 aromatic heterocycles. The van der Waals surface area contributed by atoms with Crippen LogP contribution in [0.5, 0.6) is 0 Å². The number of halogens is 4. The van der Waals surface area contributed by atoms with Crippen LogP contribution in [-0.4, -0.2) is 39.8 Å². The zero-order valence-electron chi connectivity index (χ0n) is 16.7. The molecule has 5 rings (SSSR count). The fourth-order valence-corrected chi connectivity index (χ4v) is 3.95. The van der Waals surface area contributed by atoms with Gasteiger partial charge >= 0.3 is 6.18 Å². The van der Waals surface area contributed by atoms with Gasteiger partial charge < -0.3 is 10.2 Å². The van der Waals surface area contributed by atoms with Gasteiger partial charge in [-0.15, -0.1) is 0 Å². The van der Waals surface area contributed by atoms with E-state index in [2.05, 4.69) is 25.5 Å². The fraction of sp³-hybridized carbons (Fsp3) is 0.227. The molecule has 0 radical (unpaired) electrons. The number of nitrogens with zero attached hydrogens (tertiary/aromatic N) is 4. The molecule has 1 unspecified atom stereocenters. The normalized spacial score (nSPS) is 17.1. The van der Waals surface area contributed by atoms with Crippen molar-refractivity contribution in [2.45, 2.75) is 12.2 Å². The molecule has 4 heterocycles. The van der Waals surface area contributed by atoms with E-state index in [0.717, 1.165) is 11.6 Å². The number of anilines is 1. The van der Waals surface area contributed by atoms with Crippen molar-refractivity contribution in [3.63, 3.8) is 0 Å². The number of H-pyrrole nitrogens is 1. The number of rotatable bonds is 3. The Kier molecular flexibility index (Phi) is 5.01. The second kappa shape index (κ2) is 7.86. The summed E-state index contributed by atoms with van der Waals surface area (Å²) in [6, 6.07) is 11.8. The Labute approximate surface area is 180 Å². The van der Waals surface area contributed by atoms with Gasteiger partial charge in [0.2, 0.25) is 0 Å². The highest BCUT2D eigenvalue weighted by Crippen LogP contribution is 2.38. The molecule has 0 amide bonds. The van der Waals surface area contributed by atoms with E-state index in [1.807, 2.05) is 4.90 Å².